The number of nitrogens with zero attached hydrogens (tertiary/aromatic N) is 1. The molecule has 10 heavy (non-hydrogen) atoms. The number of anilines is 1. The van der Waals surface area contributed by atoms with Crippen LogP contribution in [0.3, 0.4) is 0 Å². The normalized spacial score (nSPS) is 8.90. The van der Waals surface area contributed by atoms with Crippen LogP contribution >= 0.6 is 11.6 Å². The highest BCUT2D eigenvalue weighted by Crippen LogP contribution is 2.14. The molecule has 4 heteroatoms. The molecule has 0 aliphatic rings. The Balaban J connectivity index is 2.84. The fourth-order valence-corrected chi connectivity index (χ4v) is 0.801. The number of nitroso groups, excluding NO2 is 1. The fraction of sp³-hybridized carbons (Fsp3) is 0. The van der Waals surface area contributed by atoms with Crippen LogP contribution in [0.25, 0.3) is 0 Å². The second kappa shape index (κ2) is 3.17. The van der Waals surface area contributed by atoms with Crippen molar-refractivity contribution in [2.75, 3.05) is 5.43 Å². The van der Waals surface area contributed by atoms with Crippen LogP contribution in [0, 0.1) is 4.91 Å². The van der Waals surface area contributed by atoms with Gasteiger partial charge in [-0.3, -0.25) is 0 Å². The average molecular weight is 157 g/mol. The summed E-state index contributed by atoms with van der Waals surface area (Å²) in [6.45, 7) is 0. The summed E-state index contributed by atoms with van der Waals surface area (Å²) >= 11 is 5.60. The van der Waals surface area contributed by atoms with Crippen molar-refractivity contribution in [2.24, 2.45) is 5.29 Å². The SMILES string of the molecule is O=NNc1cccc(Cl)c1. The lowest BCUT2D eigenvalue weighted by Gasteiger charge is -1.94. The molecule has 0 aromatic heterocycles. The topological polar surface area (TPSA) is 41.5 Å². The van der Waals surface area contributed by atoms with Crippen LogP contribution in [-0.4, -0.2) is 0 Å². The summed E-state index contributed by atoms with van der Waals surface area (Å²) in [5.41, 5.74) is 2.83. The van der Waals surface area contributed by atoms with Crippen molar-refractivity contribution in [3.05, 3.63) is 34.2 Å². The number of hydrogen-bond donors (Lipinski definition) is 1. The van der Waals surface area contributed by atoms with Gasteiger partial charge in [0.05, 0.1) is 11.0 Å². The van der Waals surface area contributed by atoms with Gasteiger partial charge in [-0.15, -0.1) is 4.91 Å². The van der Waals surface area contributed by atoms with Crippen LogP contribution in [0.2, 0.25) is 5.02 Å². The van der Waals surface area contributed by atoms with Crippen molar-refractivity contribution in [2.45, 2.75) is 0 Å². The van der Waals surface area contributed by atoms with Crippen molar-refractivity contribution in [1.29, 1.82) is 0 Å². The van der Waals surface area contributed by atoms with E-state index in [1.165, 1.54) is 0 Å². The molecule has 0 heterocycles. The van der Waals surface area contributed by atoms with Crippen LogP contribution in [-0.2, 0) is 0 Å². The lowest BCUT2D eigenvalue weighted by Crippen LogP contribution is -1.83. The standard InChI is InChI=1S/C6H5ClN2O/c7-5-2-1-3-6(4-5)8-9-10/h1-4H,(H,8,10). The third-order valence-electron chi connectivity index (χ3n) is 0.999. The van der Waals surface area contributed by atoms with E-state index in [4.69, 9.17) is 11.6 Å². The maximum atomic E-state index is 9.68. The number of benzene rings is 1. The summed E-state index contributed by atoms with van der Waals surface area (Å²) in [5.74, 6) is 0. The van der Waals surface area contributed by atoms with E-state index in [1.54, 1.807) is 24.3 Å². The van der Waals surface area contributed by atoms with Gasteiger partial charge in [0.2, 0.25) is 0 Å². The zero-order chi connectivity index (χ0) is 7.40. The molecule has 0 radical (unpaired) electrons. The predicted octanol–water partition coefficient (Wildman–Crippen LogP) is 2.43. The predicted molar refractivity (Wildman–Crippen MR) is 40.9 cm³/mol. The smallest absolute Gasteiger partial charge is 0.0608 e. The van der Waals surface area contributed by atoms with E-state index in [9.17, 15) is 4.91 Å². The molecule has 1 N–H and O–H groups in total. The molecule has 1 aromatic carbocycles. The van der Waals surface area contributed by atoms with Gasteiger partial charge in [0.25, 0.3) is 0 Å². The van der Waals surface area contributed by atoms with E-state index in [2.05, 4.69) is 10.7 Å². The Labute approximate surface area is 62.9 Å². The van der Waals surface area contributed by atoms with Gasteiger partial charge >= 0.3 is 0 Å². The van der Waals surface area contributed by atoms with Gasteiger partial charge in [0.15, 0.2) is 0 Å². The summed E-state index contributed by atoms with van der Waals surface area (Å²) in [4.78, 5) is 9.68. The first-order valence-electron chi connectivity index (χ1n) is 2.67. The minimum atomic E-state index is 0.577. The van der Waals surface area contributed by atoms with Gasteiger partial charge in [0, 0.05) is 5.02 Å². The first-order chi connectivity index (χ1) is 4.83. The molecule has 0 saturated carbocycles. The van der Waals surface area contributed by atoms with Crippen molar-refractivity contribution >= 4 is 17.3 Å². The van der Waals surface area contributed by atoms with Gasteiger partial charge in [-0.25, -0.2) is 5.43 Å². The second-order valence-electron chi connectivity index (χ2n) is 1.71. The highest BCUT2D eigenvalue weighted by Gasteiger charge is 1.89. The molecule has 0 amide bonds. The molecular weight excluding hydrogens is 152 g/mol. The summed E-state index contributed by atoms with van der Waals surface area (Å²) in [6, 6.07) is 6.77. The Kier molecular flexibility index (Phi) is 2.23. The van der Waals surface area contributed by atoms with Gasteiger partial charge in [-0.2, -0.15) is 0 Å². The van der Waals surface area contributed by atoms with Gasteiger partial charge in [-0.05, 0) is 18.2 Å². The largest absolute Gasteiger partial charge is 0.242 e. The van der Waals surface area contributed by atoms with Crippen molar-refractivity contribution < 1.29 is 0 Å². The molecule has 0 aliphatic carbocycles. The maximum Gasteiger partial charge on any atom is 0.0608 e. The van der Waals surface area contributed by atoms with Crippen molar-refractivity contribution in [3.63, 3.8) is 0 Å². The second-order valence-corrected chi connectivity index (χ2v) is 2.15. The summed E-state index contributed by atoms with van der Waals surface area (Å²) in [6.07, 6.45) is 0. The van der Waals surface area contributed by atoms with Crippen LogP contribution in [0.4, 0.5) is 5.69 Å². The average Bonchev–Trinajstić information content (AvgIpc) is 1.88. The molecule has 1 rings (SSSR count). The molecule has 52 valence electrons. The third kappa shape index (κ3) is 1.70. The van der Waals surface area contributed by atoms with Crippen LogP contribution in [0.15, 0.2) is 29.6 Å². The summed E-state index contributed by atoms with van der Waals surface area (Å²) in [7, 11) is 0. The first kappa shape index (κ1) is 7.02. The number of rotatable bonds is 2. The van der Waals surface area contributed by atoms with Crippen LogP contribution in [0.5, 0.6) is 0 Å². The molecule has 0 atom stereocenters. The zero-order valence-electron chi connectivity index (χ0n) is 5.04. The molecule has 0 spiro atoms. The van der Waals surface area contributed by atoms with E-state index < -0.39 is 0 Å². The molecule has 0 bridgehead atoms. The van der Waals surface area contributed by atoms with E-state index >= 15 is 0 Å². The first-order valence-corrected chi connectivity index (χ1v) is 3.04. The monoisotopic (exact) mass is 156 g/mol. The van der Waals surface area contributed by atoms with Gasteiger partial charge in [-0.1, -0.05) is 17.7 Å². The van der Waals surface area contributed by atoms with E-state index in [-0.39, 0.29) is 0 Å². The maximum absolute atomic E-state index is 9.68. The minimum Gasteiger partial charge on any atom is -0.242 e. The number of hydrogen-bond acceptors (Lipinski definition) is 2. The fourth-order valence-electron chi connectivity index (χ4n) is 0.611. The molecule has 0 unspecified atom stereocenters. The lowest BCUT2D eigenvalue weighted by molar-refractivity contribution is 1.32. The third-order valence-corrected chi connectivity index (χ3v) is 1.23. The highest BCUT2D eigenvalue weighted by molar-refractivity contribution is 6.30. The molecular formula is C6H5ClN2O. The quantitative estimate of drug-likeness (QED) is 0.528. The molecule has 0 fully saturated rings. The molecule has 0 saturated heterocycles. The Morgan fingerprint density at radius 1 is 1.50 bits per heavy atom. The Hall–Kier alpha value is -1.09. The molecule has 0 aliphatic heterocycles. The van der Waals surface area contributed by atoms with E-state index in [0.717, 1.165) is 0 Å². The van der Waals surface area contributed by atoms with Crippen molar-refractivity contribution in [3.8, 4) is 0 Å². The number of halogens is 1. The minimum absolute atomic E-state index is 0.577. The van der Waals surface area contributed by atoms with E-state index in [1.807, 2.05) is 0 Å². The Bertz CT molecular complexity index is 239. The lowest BCUT2D eigenvalue weighted by atomic mass is 10.3. The number of nitrogens with one attached hydrogen (secondary N) is 1. The zero-order valence-corrected chi connectivity index (χ0v) is 5.80. The van der Waals surface area contributed by atoms with E-state index in [0.29, 0.717) is 10.7 Å². The van der Waals surface area contributed by atoms with Crippen LogP contribution < -0.4 is 5.43 Å². The highest BCUT2D eigenvalue weighted by atomic mass is 35.5. The molecule has 3 nitrogen and oxygen atoms in total. The van der Waals surface area contributed by atoms with Crippen molar-refractivity contribution in [1.82, 2.24) is 0 Å². The van der Waals surface area contributed by atoms with Gasteiger partial charge < -0.3 is 0 Å². The van der Waals surface area contributed by atoms with Gasteiger partial charge in [0.1, 0.15) is 0 Å². The van der Waals surface area contributed by atoms with Crippen LogP contribution in [0.1, 0.15) is 0 Å². The summed E-state index contributed by atoms with van der Waals surface area (Å²) in [5, 5.41) is 3.07. The Morgan fingerprint density at radius 3 is 2.90 bits per heavy atom. The molecule has 1 aromatic rings. The summed E-state index contributed by atoms with van der Waals surface area (Å²) < 4.78 is 0. The Morgan fingerprint density at radius 2 is 2.30 bits per heavy atom.